The fourth-order valence-corrected chi connectivity index (χ4v) is 4.84. The molecule has 0 atom stereocenters. The van der Waals surface area contributed by atoms with E-state index in [0.29, 0.717) is 0 Å². The minimum absolute atomic E-state index is 0.110. The van der Waals surface area contributed by atoms with Gasteiger partial charge in [-0.25, -0.2) is 9.18 Å². The predicted octanol–water partition coefficient (Wildman–Crippen LogP) is 7.84. The molecule has 0 unspecified atom stereocenters. The second-order valence-corrected chi connectivity index (χ2v) is 8.50. The Morgan fingerprint density at radius 2 is 1.57 bits per heavy atom. The average molecular weight is 393 g/mol. The molecule has 0 spiro atoms. The van der Waals surface area contributed by atoms with Gasteiger partial charge >= 0.3 is 6.16 Å². The molecule has 0 amide bonds. The summed E-state index contributed by atoms with van der Waals surface area (Å²) in [5, 5.41) is 8.12. The molecular weight excluding hydrogens is 355 g/mol. The predicted molar refractivity (Wildman–Crippen MR) is 111 cm³/mol. The lowest BCUT2D eigenvalue weighted by atomic mass is 9.70. The van der Waals surface area contributed by atoms with E-state index in [9.17, 15) is 9.18 Å². The molecule has 2 aliphatic carbocycles. The first kappa shape index (κ1) is 22.7. The van der Waals surface area contributed by atoms with Crippen molar-refractivity contribution in [1.82, 2.24) is 0 Å². The summed E-state index contributed by atoms with van der Waals surface area (Å²) in [6, 6.07) is 4.73. The first-order chi connectivity index (χ1) is 13.6. The van der Waals surface area contributed by atoms with Crippen LogP contribution in [0, 0.1) is 23.6 Å². The van der Waals surface area contributed by atoms with Crippen molar-refractivity contribution in [3.05, 3.63) is 30.1 Å². The highest BCUT2D eigenvalue weighted by Gasteiger charge is 2.28. The normalized spacial score (nSPS) is 22.8. The Hall–Kier alpha value is -1.58. The molecule has 0 radical (unpaired) electrons. The van der Waals surface area contributed by atoms with E-state index in [4.69, 9.17) is 5.11 Å². The maximum Gasteiger partial charge on any atom is 0.511 e. The number of unbranched alkanes of at least 4 members (excludes halogenated alkanes) is 2. The highest BCUT2D eigenvalue weighted by molar-refractivity contribution is 5.60. The summed E-state index contributed by atoms with van der Waals surface area (Å²) in [6.45, 7) is 2.32. The van der Waals surface area contributed by atoms with Gasteiger partial charge in [0.25, 0.3) is 0 Å². The molecule has 1 aromatic rings. The maximum absolute atomic E-state index is 12.2. The molecule has 158 valence electrons. The summed E-state index contributed by atoms with van der Waals surface area (Å²) in [4.78, 5) is 9.94. The fraction of sp³-hybridized carbons (Fsp3) is 0.708. The topological polar surface area (TPSA) is 46.5 Å². The zero-order chi connectivity index (χ0) is 20.2. The molecule has 1 N–H and O–H groups in total. The molecule has 0 saturated heterocycles. The van der Waals surface area contributed by atoms with Crippen LogP contribution in [0.25, 0.3) is 0 Å². The third kappa shape index (κ3) is 8.62. The quantitative estimate of drug-likeness (QED) is 0.305. The minimum Gasteiger partial charge on any atom is -0.449 e. The highest BCUT2D eigenvalue weighted by atomic mass is 19.1. The van der Waals surface area contributed by atoms with Gasteiger partial charge in [0.2, 0.25) is 0 Å². The van der Waals surface area contributed by atoms with Crippen LogP contribution in [0.15, 0.2) is 24.3 Å². The standard InChI is InChI=1S/C17H32.C7H5FO3/c1-2-3-5-8-15-11-13-17(14-12-15)16-9-6-4-7-10-16;8-5-1-3-6(4-2-5)11-7(9)10/h15-17H,2-14H2,1H3;1-4H,(H,9,10). The van der Waals surface area contributed by atoms with Crippen LogP contribution in [0.2, 0.25) is 0 Å². The van der Waals surface area contributed by atoms with Gasteiger partial charge in [0.1, 0.15) is 11.6 Å². The number of hydrogen-bond acceptors (Lipinski definition) is 2. The summed E-state index contributed by atoms with van der Waals surface area (Å²) in [7, 11) is 0. The van der Waals surface area contributed by atoms with Crippen LogP contribution in [0.1, 0.15) is 90.4 Å². The third-order valence-electron chi connectivity index (χ3n) is 6.44. The van der Waals surface area contributed by atoms with Crippen molar-refractivity contribution in [2.45, 2.75) is 90.4 Å². The Morgan fingerprint density at radius 3 is 2.14 bits per heavy atom. The van der Waals surface area contributed by atoms with Gasteiger partial charge in [-0.05, 0) is 54.9 Å². The van der Waals surface area contributed by atoms with Crippen molar-refractivity contribution in [2.24, 2.45) is 17.8 Å². The van der Waals surface area contributed by atoms with Gasteiger partial charge in [-0.2, -0.15) is 0 Å². The van der Waals surface area contributed by atoms with E-state index in [-0.39, 0.29) is 5.75 Å². The molecule has 0 heterocycles. The molecule has 4 heteroatoms. The minimum atomic E-state index is -1.41. The van der Waals surface area contributed by atoms with Gasteiger partial charge in [-0.1, -0.05) is 77.6 Å². The number of hydrogen-bond donors (Lipinski definition) is 1. The maximum atomic E-state index is 12.2. The molecule has 2 saturated carbocycles. The van der Waals surface area contributed by atoms with Crippen molar-refractivity contribution >= 4 is 6.16 Å². The van der Waals surface area contributed by atoms with Gasteiger partial charge in [0, 0.05) is 0 Å². The van der Waals surface area contributed by atoms with Crippen LogP contribution in [0.3, 0.4) is 0 Å². The molecule has 0 aliphatic heterocycles. The number of benzene rings is 1. The summed E-state index contributed by atoms with van der Waals surface area (Å²) < 4.78 is 16.4. The molecule has 1 aromatic carbocycles. The van der Waals surface area contributed by atoms with Crippen molar-refractivity contribution < 1.29 is 19.0 Å². The van der Waals surface area contributed by atoms with E-state index < -0.39 is 12.0 Å². The Labute approximate surface area is 169 Å². The third-order valence-corrected chi connectivity index (χ3v) is 6.44. The van der Waals surface area contributed by atoms with Gasteiger partial charge in [-0.15, -0.1) is 0 Å². The smallest absolute Gasteiger partial charge is 0.449 e. The zero-order valence-electron chi connectivity index (χ0n) is 17.4. The summed E-state index contributed by atoms with van der Waals surface area (Å²) >= 11 is 0. The SMILES string of the molecule is CCCCCC1CCC(C2CCCCC2)CC1.O=C(O)Oc1ccc(F)cc1. The zero-order valence-corrected chi connectivity index (χ0v) is 17.4. The lowest BCUT2D eigenvalue weighted by Crippen LogP contribution is -2.23. The lowest BCUT2D eigenvalue weighted by molar-refractivity contribution is 0.144. The van der Waals surface area contributed by atoms with E-state index in [0.717, 1.165) is 29.9 Å². The molecule has 3 rings (SSSR count). The first-order valence-electron chi connectivity index (χ1n) is 11.2. The van der Waals surface area contributed by atoms with Crippen LogP contribution in [-0.4, -0.2) is 11.3 Å². The van der Waals surface area contributed by atoms with Crippen LogP contribution in [0.5, 0.6) is 5.75 Å². The molecule has 2 aliphatic rings. The van der Waals surface area contributed by atoms with E-state index in [1.54, 1.807) is 38.5 Å². The molecule has 3 nitrogen and oxygen atoms in total. The number of carboxylic acid groups (broad SMARTS) is 1. The Kier molecular flexibility index (Phi) is 10.4. The molecule has 0 bridgehead atoms. The number of carbonyl (C=O) groups is 1. The van der Waals surface area contributed by atoms with E-state index in [1.165, 1.54) is 57.1 Å². The molecular formula is C24H37FO3. The van der Waals surface area contributed by atoms with Crippen LogP contribution in [0.4, 0.5) is 9.18 Å². The fourth-order valence-electron chi connectivity index (χ4n) is 4.84. The van der Waals surface area contributed by atoms with E-state index in [2.05, 4.69) is 11.7 Å². The summed E-state index contributed by atoms with van der Waals surface area (Å²) in [5.74, 6) is 3.03. The number of ether oxygens (including phenoxy) is 1. The highest BCUT2D eigenvalue weighted by Crippen LogP contribution is 2.40. The molecule has 28 heavy (non-hydrogen) atoms. The van der Waals surface area contributed by atoms with Crippen LogP contribution in [-0.2, 0) is 0 Å². The average Bonchev–Trinajstić information content (AvgIpc) is 2.71. The second-order valence-electron chi connectivity index (χ2n) is 8.50. The van der Waals surface area contributed by atoms with E-state index in [1.807, 2.05) is 0 Å². The monoisotopic (exact) mass is 392 g/mol. The van der Waals surface area contributed by atoms with Crippen molar-refractivity contribution in [3.63, 3.8) is 0 Å². The van der Waals surface area contributed by atoms with Gasteiger partial charge < -0.3 is 9.84 Å². The number of rotatable bonds is 6. The van der Waals surface area contributed by atoms with Gasteiger partial charge in [-0.3, -0.25) is 0 Å². The van der Waals surface area contributed by atoms with Crippen LogP contribution < -0.4 is 4.74 Å². The largest absolute Gasteiger partial charge is 0.511 e. The van der Waals surface area contributed by atoms with E-state index >= 15 is 0 Å². The molecule has 2 fully saturated rings. The first-order valence-corrected chi connectivity index (χ1v) is 11.2. The second kappa shape index (κ2) is 12.8. The lowest BCUT2D eigenvalue weighted by Gasteiger charge is -2.36. The van der Waals surface area contributed by atoms with Crippen molar-refractivity contribution in [2.75, 3.05) is 0 Å². The van der Waals surface area contributed by atoms with Gasteiger partial charge in [0.05, 0.1) is 0 Å². The Bertz CT molecular complexity index is 543. The van der Waals surface area contributed by atoms with Gasteiger partial charge in [0.15, 0.2) is 0 Å². The van der Waals surface area contributed by atoms with Crippen molar-refractivity contribution in [1.29, 1.82) is 0 Å². The van der Waals surface area contributed by atoms with Crippen LogP contribution >= 0.6 is 0 Å². The Morgan fingerprint density at radius 1 is 0.964 bits per heavy atom. The molecule has 0 aromatic heterocycles. The summed E-state index contributed by atoms with van der Waals surface area (Å²) in [5.41, 5.74) is 0. The summed E-state index contributed by atoms with van der Waals surface area (Å²) in [6.07, 6.45) is 18.4. The van der Waals surface area contributed by atoms with Crippen molar-refractivity contribution in [3.8, 4) is 5.75 Å². The Balaban J connectivity index is 0.000000221. The number of halogens is 1.